The minimum Gasteiger partial charge on any atom is -0.480 e. The minimum atomic E-state index is -3.67. The second-order valence-electron chi connectivity index (χ2n) is 6.46. The molecule has 1 amide bonds. The van der Waals surface area contributed by atoms with Crippen molar-refractivity contribution in [3.8, 4) is 0 Å². The zero-order valence-electron chi connectivity index (χ0n) is 14.4. The van der Waals surface area contributed by atoms with Gasteiger partial charge in [0.1, 0.15) is 6.54 Å². The van der Waals surface area contributed by atoms with E-state index < -0.39 is 28.6 Å². The number of amides is 1. The van der Waals surface area contributed by atoms with E-state index in [9.17, 15) is 18.0 Å². The summed E-state index contributed by atoms with van der Waals surface area (Å²) in [5.41, 5.74) is 0. The van der Waals surface area contributed by atoms with Gasteiger partial charge in [-0.3, -0.25) is 9.59 Å². The van der Waals surface area contributed by atoms with E-state index in [2.05, 4.69) is 0 Å². The molecular weight excluding hydrogens is 352 g/mol. The Morgan fingerprint density at radius 2 is 1.96 bits per heavy atom. The Balaban J connectivity index is 1.85. The Hall–Kier alpha value is -1.23. The first-order valence-corrected chi connectivity index (χ1v) is 10.3. The molecule has 1 N–H and O–H groups in total. The van der Waals surface area contributed by atoms with Gasteiger partial charge in [0, 0.05) is 32.7 Å². The topological polar surface area (TPSA) is 113 Å². The lowest BCUT2D eigenvalue weighted by molar-refractivity contribution is -0.141. The van der Waals surface area contributed by atoms with E-state index in [-0.39, 0.29) is 25.1 Å². The van der Waals surface area contributed by atoms with E-state index in [1.165, 1.54) is 0 Å². The highest BCUT2D eigenvalue weighted by Crippen LogP contribution is 2.18. The number of carbonyl (C=O) groups is 2. The molecule has 9 nitrogen and oxygen atoms in total. The fourth-order valence-corrected chi connectivity index (χ4v) is 3.85. The number of hydrogen-bond donors (Lipinski definition) is 1. The molecule has 0 aromatic rings. The third-order valence-corrected chi connectivity index (χ3v) is 5.60. The van der Waals surface area contributed by atoms with Crippen LogP contribution in [0.4, 0.5) is 0 Å². The summed E-state index contributed by atoms with van der Waals surface area (Å²) >= 11 is 0. The quantitative estimate of drug-likeness (QED) is 0.607. The number of rotatable bonds is 8. The smallest absolute Gasteiger partial charge is 0.318 e. The fraction of sp³-hybridized carbons (Fsp3) is 0.867. The summed E-state index contributed by atoms with van der Waals surface area (Å²) in [6.07, 6.45) is 3.67. The molecule has 2 rings (SSSR count). The fourth-order valence-electron chi connectivity index (χ4n) is 3.07. The highest BCUT2D eigenvalue weighted by molar-refractivity contribution is 7.88. The Kier molecular flexibility index (Phi) is 7.17. The minimum absolute atomic E-state index is 0.00654. The average molecular weight is 378 g/mol. The first-order valence-electron chi connectivity index (χ1n) is 8.43. The van der Waals surface area contributed by atoms with Gasteiger partial charge < -0.3 is 19.5 Å². The van der Waals surface area contributed by atoms with E-state index >= 15 is 0 Å². The molecule has 25 heavy (non-hydrogen) atoms. The molecule has 2 aliphatic heterocycles. The van der Waals surface area contributed by atoms with E-state index in [1.807, 2.05) is 0 Å². The standard InChI is InChI=1S/C15H26N2O7S/c1-25(21,22)17(11-15(19)20)10-13-9-16(6-8-24-13)14(18)5-4-12-3-2-7-23-12/h12-13H,2-11H2,1H3,(H,19,20). The molecule has 2 unspecified atom stereocenters. The second kappa shape index (κ2) is 8.93. The van der Waals surface area contributed by atoms with Gasteiger partial charge in [0.25, 0.3) is 0 Å². The first kappa shape index (κ1) is 20.1. The predicted octanol–water partition coefficient (Wildman–Crippen LogP) is -0.481. The van der Waals surface area contributed by atoms with Crippen molar-refractivity contribution in [2.75, 3.05) is 45.6 Å². The van der Waals surface area contributed by atoms with Crippen LogP contribution >= 0.6 is 0 Å². The number of carbonyl (C=O) groups excluding carboxylic acids is 1. The number of morpholine rings is 1. The van der Waals surface area contributed by atoms with Gasteiger partial charge in [-0.05, 0) is 19.3 Å². The maximum absolute atomic E-state index is 12.3. The van der Waals surface area contributed by atoms with Crippen molar-refractivity contribution >= 4 is 21.9 Å². The molecule has 0 aromatic heterocycles. The van der Waals surface area contributed by atoms with E-state index in [0.717, 1.165) is 30.0 Å². The van der Waals surface area contributed by atoms with Gasteiger partial charge in [-0.2, -0.15) is 4.31 Å². The summed E-state index contributed by atoms with van der Waals surface area (Å²) in [5.74, 6) is -1.24. The number of carboxylic acid groups (broad SMARTS) is 1. The number of sulfonamides is 1. The SMILES string of the molecule is CS(=O)(=O)N(CC(=O)O)CC1CN(C(=O)CCC2CCCO2)CCO1. The lowest BCUT2D eigenvalue weighted by Crippen LogP contribution is -2.51. The van der Waals surface area contributed by atoms with Gasteiger partial charge in [-0.25, -0.2) is 8.42 Å². The lowest BCUT2D eigenvalue weighted by atomic mass is 10.1. The van der Waals surface area contributed by atoms with Crippen LogP contribution in [0.15, 0.2) is 0 Å². The predicted molar refractivity (Wildman–Crippen MR) is 88.6 cm³/mol. The van der Waals surface area contributed by atoms with Crippen molar-refractivity contribution in [3.05, 3.63) is 0 Å². The first-order chi connectivity index (χ1) is 11.8. The van der Waals surface area contributed by atoms with E-state index in [0.29, 0.717) is 26.0 Å². The summed E-state index contributed by atoms with van der Waals surface area (Å²) < 4.78 is 35.3. The monoisotopic (exact) mass is 378 g/mol. The molecule has 0 bridgehead atoms. The lowest BCUT2D eigenvalue weighted by Gasteiger charge is -2.35. The molecule has 2 aliphatic rings. The normalized spacial score (nSPS) is 24.6. The van der Waals surface area contributed by atoms with Crippen LogP contribution in [0, 0.1) is 0 Å². The van der Waals surface area contributed by atoms with Crippen LogP contribution in [0.2, 0.25) is 0 Å². The number of hydrogen-bond acceptors (Lipinski definition) is 6. The van der Waals surface area contributed by atoms with Crippen LogP contribution < -0.4 is 0 Å². The van der Waals surface area contributed by atoms with Crippen LogP contribution in [0.5, 0.6) is 0 Å². The molecule has 2 fully saturated rings. The van der Waals surface area contributed by atoms with Gasteiger partial charge in [-0.1, -0.05) is 0 Å². The van der Waals surface area contributed by atoms with Gasteiger partial charge >= 0.3 is 5.97 Å². The summed E-state index contributed by atoms with van der Waals surface area (Å²) in [7, 11) is -3.67. The third kappa shape index (κ3) is 6.53. The van der Waals surface area contributed by atoms with Crippen molar-refractivity contribution in [2.24, 2.45) is 0 Å². The Morgan fingerprint density at radius 3 is 2.56 bits per heavy atom. The van der Waals surface area contributed by atoms with Crippen LogP contribution in [-0.2, 0) is 29.1 Å². The summed E-state index contributed by atoms with van der Waals surface area (Å²) in [6, 6.07) is 0. The van der Waals surface area contributed by atoms with Crippen LogP contribution in [0.25, 0.3) is 0 Å². The number of ether oxygens (including phenoxy) is 2. The molecule has 0 saturated carbocycles. The van der Waals surface area contributed by atoms with Gasteiger partial charge in [-0.15, -0.1) is 0 Å². The van der Waals surface area contributed by atoms with Crippen LogP contribution in [0.3, 0.4) is 0 Å². The summed E-state index contributed by atoms with van der Waals surface area (Å²) in [5, 5.41) is 8.87. The molecule has 2 heterocycles. The Labute approximate surface area is 147 Å². The molecule has 2 atom stereocenters. The molecule has 10 heteroatoms. The molecule has 144 valence electrons. The number of carboxylic acids is 1. The Morgan fingerprint density at radius 1 is 1.24 bits per heavy atom. The summed E-state index contributed by atoms with van der Waals surface area (Å²) in [6.45, 7) is 1.07. The van der Waals surface area contributed by atoms with E-state index in [1.54, 1.807) is 4.90 Å². The van der Waals surface area contributed by atoms with Crippen LogP contribution in [-0.4, -0.2) is 92.5 Å². The molecule has 0 aromatic carbocycles. The van der Waals surface area contributed by atoms with Crippen molar-refractivity contribution < 1.29 is 32.6 Å². The third-order valence-electron chi connectivity index (χ3n) is 4.38. The van der Waals surface area contributed by atoms with Crippen molar-refractivity contribution in [1.29, 1.82) is 0 Å². The van der Waals surface area contributed by atoms with Gasteiger partial charge in [0.2, 0.25) is 15.9 Å². The zero-order chi connectivity index (χ0) is 18.4. The number of aliphatic carboxylic acids is 1. The highest BCUT2D eigenvalue weighted by Gasteiger charge is 2.30. The van der Waals surface area contributed by atoms with Gasteiger partial charge in [0.05, 0.1) is 25.1 Å². The largest absolute Gasteiger partial charge is 0.480 e. The van der Waals surface area contributed by atoms with Gasteiger partial charge in [0.15, 0.2) is 0 Å². The van der Waals surface area contributed by atoms with Crippen molar-refractivity contribution in [1.82, 2.24) is 9.21 Å². The molecular formula is C15H26N2O7S. The summed E-state index contributed by atoms with van der Waals surface area (Å²) in [4.78, 5) is 24.9. The molecule has 0 aliphatic carbocycles. The number of nitrogens with zero attached hydrogens (tertiary/aromatic N) is 2. The Bertz CT molecular complexity index is 574. The van der Waals surface area contributed by atoms with E-state index in [4.69, 9.17) is 14.6 Å². The highest BCUT2D eigenvalue weighted by atomic mass is 32.2. The van der Waals surface area contributed by atoms with Crippen molar-refractivity contribution in [2.45, 2.75) is 37.9 Å². The molecule has 0 radical (unpaired) electrons. The average Bonchev–Trinajstić information content (AvgIpc) is 3.04. The maximum Gasteiger partial charge on any atom is 0.318 e. The molecule has 0 spiro atoms. The maximum atomic E-state index is 12.3. The zero-order valence-corrected chi connectivity index (χ0v) is 15.2. The second-order valence-corrected chi connectivity index (χ2v) is 8.44. The van der Waals surface area contributed by atoms with Crippen molar-refractivity contribution in [3.63, 3.8) is 0 Å². The van der Waals surface area contributed by atoms with Crippen LogP contribution in [0.1, 0.15) is 25.7 Å². The molecule has 2 saturated heterocycles.